The van der Waals surface area contributed by atoms with Crippen LogP contribution >= 0.6 is 45.8 Å². The summed E-state index contributed by atoms with van der Waals surface area (Å²) in [5.74, 6) is 0.0702. The second kappa shape index (κ2) is 6.15. The van der Waals surface area contributed by atoms with Gasteiger partial charge in [-0.25, -0.2) is 0 Å². The third kappa shape index (κ3) is 3.20. The van der Waals surface area contributed by atoms with Gasteiger partial charge >= 0.3 is 0 Å². The normalized spacial score (nSPS) is 14.2. The van der Waals surface area contributed by atoms with E-state index in [4.69, 9.17) is 23.2 Å². The van der Waals surface area contributed by atoms with E-state index in [1.165, 1.54) is 0 Å². The van der Waals surface area contributed by atoms with Gasteiger partial charge in [0.05, 0.1) is 0 Å². The Balaban J connectivity index is 1.86. The van der Waals surface area contributed by atoms with Crippen molar-refractivity contribution >= 4 is 51.7 Å². The fraction of sp³-hybridized carbons (Fsp3) is 0.188. The summed E-state index contributed by atoms with van der Waals surface area (Å²) in [7, 11) is 0. The van der Waals surface area contributed by atoms with Crippen molar-refractivity contribution in [3.8, 4) is 0 Å². The van der Waals surface area contributed by atoms with Crippen LogP contribution in [-0.2, 0) is 13.0 Å². The molecule has 0 saturated heterocycles. The van der Waals surface area contributed by atoms with Crippen molar-refractivity contribution in [3.63, 3.8) is 0 Å². The highest BCUT2D eigenvalue weighted by Gasteiger charge is 2.24. The molecular weight excluding hydrogens is 420 g/mol. The maximum atomic E-state index is 12.6. The zero-order valence-corrected chi connectivity index (χ0v) is 14.7. The predicted molar refractivity (Wildman–Crippen MR) is 94.1 cm³/mol. The molecule has 0 unspecified atom stereocenters. The monoisotopic (exact) mass is 431 g/mol. The molecule has 2 aromatic rings. The second-order valence-electron chi connectivity index (χ2n) is 5.01. The van der Waals surface area contributed by atoms with Crippen LogP contribution in [0.4, 0.5) is 0 Å². The Labute approximate surface area is 147 Å². The first-order valence-electron chi connectivity index (χ1n) is 6.56. The molecule has 0 bridgehead atoms. The fourth-order valence-electron chi connectivity index (χ4n) is 2.50. The van der Waals surface area contributed by atoms with Crippen LogP contribution in [0.15, 0.2) is 36.4 Å². The van der Waals surface area contributed by atoms with Crippen molar-refractivity contribution < 1.29 is 4.79 Å². The third-order valence-electron chi connectivity index (χ3n) is 3.62. The number of benzene rings is 2. The van der Waals surface area contributed by atoms with E-state index in [-0.39, 0.29) is 5.91 Å². The summed E-state index contributed by atoms with van der Waals surface area (Å²) < 4.78 is 1.08. The van der Waals surface area contributed by atoms with Crippen LogP contribution in [0.25, 0.3) is 0 Å². The van der Waals surface area contributed by atoms with Gasteiger partial charge in [-0.05, 0) is 64.4 Å². The fourth-order valence-corrected chi connectivity index (χ4v) is 3.46. The van der Waals surface area contributed by atoms with Gasteiger partial charge in [-0.1, -0.05) is 35.3 Å². The van der Waals surface area contributed by atoms with E-state index < -0.39 is 0 Å². The summed E-state index contributed by atoms with van der Waals surface area (Å²) >= 11 is 14.3. The van der Waals surface area contributed by atoms with Crippen molar-refractivity contribution in [3.05, 3.63) is 66.7 Å². The molecule has 0 aliphatic carbocycles. The molecular formula is C16H12Cl2INO. The molecule has 1 aliphatic heterocycles. The van der Waals surface area contributed by atoms with Gasteiger partial charge < -0.3 is 4.90 Å². The van der Waals surface area contributed by atoms with E-state index in [2.05, 4.69) is 22.6 Å². The molecule has 0 spiro atoms. The Hall–Kier alpha value is -0.780. The first-order valence-corrected chi connectivity index (χ1v) is 8.39. The zero-order valence-electron chi connectivity index (χ0n) is 11.1. The number of nitrogens with zero attached hydrogens (tertiary/aromatic N) is 1. The van der Waals surface area contributed by atoms with Gasteiger partial charge in [-0.15, -0.1) is 0 Å². The standard InChI is InChI=1S/C16H12Cl2INO/c17-12-3-1-11(15(18)7-12)9-20-6-5-10-2-4-13(19)8-14(10)16(20)21/h1-4,7-8H,5-6,9H2. The van der Waals surface area contributed by atoms with E-state index in [9.17, 15) is 4.79 Å². The van der Waals surface area contributed by atoms with Crippen LogP contribution in [0.2, 0.25) is 10.0 Å². The Kier molecular flexibility index (Phi) is 4.43. The van der Waals surface area contributed by atoms with Crippen molar-refractivity contribution in [2.75, 3.05) is 6.54 Å². The first-order chi connectivity index (χ1) is 10.0. The number of amides is 1. The molecule has 108 valence electrons. The predicted octanol–water partition coefficient (Wildman–Crippen LogP) is 4.80. The minimum Gasteiger partial charge on any atom is -0.334 e. The van der Waals surface area contributed by atoms with Gasteiger partial charge in [0.25, 0.3) is 5.91 Å². The molecule has 0 atom stereocenters. The lowest BCUT2D eigenvalue weighted by Crippen LogP contribution is -2.37. The summed E-state index contributed by atoms with van der Waals surface area (Å²) in [5, 5.41) is 1.21. The first kappa shape index (κ1) is 15.1. The second-order valence-corrected chi connectivity index (χ2v) is 7.10. The Morgan fingerprint density at radius 2 is 1.95 bits per heavy atom. The maximum Gasteiger partial charge on any atom is 0.254 e. The molecule has 1 heterocycles. The van der Waals surface area contributed by atoms with E-state index in [0.717, 1.165) is 26.7 Å². The number of rotatable bonds is 2. The minimum absolute atomic E-state index is 0.0702. The Bertz CT molecular complexity index is 717. The lowest BCUT2D eigenvalue weighted by molar-refractivity contribution is 0.0727. The Morgan fingerprint density at radius 1 is 1.14 bits per heavy atom. The summed E-state index contributed by atoms with van der Waals surface area (Å²) in [4.78, 5) is 14.4. The largest absolute Gasteiger partial charge is 0.334 e. The number of hydrogen-bond donors (Lipinski definition) is 0. The SMILES string of the molecule is O=C1c2cc(I)ccc2CCN1Cc1ccc(Cl)cc1Cl. The maximum absolute atomic E-state index is 12.6. The highest BCUT2D eigenvalue weighted by Crippen LogP contribution is 2.26. The van der Waals surface area contributed by atoms with Crippen molar-refractivity contribution in [2.45, 2.75) is 13.0 Å². The van der Waals surface area contributed by atoms with Crippen LogP contribution in [0, 0.1) is 3.57 Å². The number of carbonyl (C=O) groups excluding carboxylic acids is 1. The average molecular weight is 432 g/mol. The minimum atomic E-state index is 0.0702. The van der Waals surface area contributed by atoms with E-state index in [0.29, 0.717) is 23.1 Å². The molecule has 0 N–H and O–H groups in total. The van der Waals surface area contributed by atoms with Crippen LogP contribution in [-0.4, -0.2) is 17.4 Å². The topological polar surface area (TPSA) is 20.3 Å². The van der Waals surface area contributed by atoms with E-state index in [1.807, 2.05) is 29.2 Å². The van der Waals surface area contributed by atoms with Crippen molar-refractivity contribution in [1.29, 1.82) is 0 Å². The van der Waals surface area contributed by atoms with Gasteiger partial charge in [-0.2, -0.15) is 0 Å². The average Bonchev–Trinajstić information content (AvgIpc) is 2.45. The van der Waals surface area contributed by atoms with Crippen molar-refractivity contribution in [1.82, 2.24) is 4.90 Å². The molecule has 5 heteroatoms. The van der Waals surface area contributed by atoms with Crippen LogP contribution < -0.4 is 0 Å². The van der Waals surface area contributed by atoms with Gasteiger partial charge in [0.1, 0.15) is 0 Å². The third-order valence-corrected chi connectivity index (χ3v) is 4.87. The van der Waals surface area contributed by atoms with Crippen molar-refractivity contribution in [2.24, 2.45) is 0 Å². The summed E-state index contributed by atoms with van der Waals surface area (Å²) in [5.41, 5.74) is 2.85. The number of halogens is 3. The lowest BCUT2D eigenvalue weighted by atomic mass is 9.98. The van der Waals surface area contributed by atoms with E-state index >= 15 is 0 Å². The molecule has 2 nitrogen and oxygen atoms in total. The molecule has 0 saturated carbocycles. The van der Waals surface area contributed by atoms with Gasteiger partial charge in [-0.3, -0.25) is 4.79 Å². The molecule has 2 aromatic carbocycles. The molecule has 3 rings (SSSR count). The molecule has 0 radical (unpaired) electrons. The van der Waals surface area contributed by atoms with E-state index in [1.54, 1.807) is 12.1 Å². The van der Waals surface area contributed by atoms with Gasteiger partial charge in [0.15, 0.2) is 0 Å². The molecule has 0 fully saturated rings. The highest BCUT2D eigenvalue weighted by molar-refractivity contribution is 14.1. The number of fused-ring (bicyclic) bond motifs is 1. The van der Waals surface area contributed by atoms with Gasteiger partial charge in [0, 0.05) is 32.3 Å². The Morgan fingerprint density at radius 3 is 2.71 bits per heavy atom. The summed E-state index contributed by atoms with van der Waals surface area (Å²) in [6, 6.07) is 11.4. The number of carbonyl (C=O) groups is 1. The molecule has 0 aromatic heterocycles. The molecule has 1 aliphatic rings. The highest BCUT2D eigenvalue weighted by atomic mass is 127. The summed E-state index contributed by atoms with van der Waals surface area (Å²) in [6.45, 7) is 1.23. The zero-order chi connectivity index (χ0) is 15.0. The lowest BCUT2D eigenvalue weighted by Gasteiger charge is -2.29. The molecule has 1 amide bonds. The molecule has 21 heavy (non-hydrogen) atoms. The van der Waals surface area contributed by atoms with Crippen LogP contribution in [0.5, 0.6) is 0 Å². The van der Waals surface area contributed by atoms with Crippen LogP contribution in [0.3, 0.4) is 0 Å². The summed E-state index contributed by atoms with van der Waals surface area (Å²) in [6.07, 6.45) is 0.878. The quantitative estimate of drug-likeness (QED) is 0.625. The number of hydrogen-bond acceptors (Lipinski definition) is 1. The van der Waals surface area contributed by atoms with Crippen LogP contribution in [0.1, 0.15) is 21.5 Å². The van der Waals surface area contributed by atoms with Gasteiger partial charge in [0.2, 0.25) is 0 Å². The smallest absolute Gasteiger partial charge is 0.254 e.